The molecule has 0 saturated carbocycles. The van der Waals surface area contributed by atoms with Gasteiger partial charge in [-0.15, -0.1) is 0 Å². The molecule has 3 heteroatoms. The van der Waals surface area contributed by atoms with Crippen LogP contribution in [0.15, 0.2) is 47.4 Å². The number of hydrogen-bond donors (Lipinski definition) is 1. The maximum atomic E-state index is 12.4. The number of rotatable bonds is 4. The number of hydrogen-bond acceptors (Lipinski definition) is 2. The summed E-state index contributed by atoms with van der Waals surface area (Å²) in [7, 11) is -1.06. The van der Waals surface area contributed by atoms with Crippen LogP contribution in [0.2, 0.25) is 0 Å². The number of nitrogens with two attached hydrogens (primary N) is 1. The predicted molar refractivity (Wildman–Crippen MR) is 85.3 cm³/mol. The average Bonchev–Trinajstić information content (AvgIpc) is 2.42. The number of benzene rings is 2. The summed E-state index contributed by atoms with van der Waals surface area (Å²) in [6.45, 7) is 6.13. The minimum Gasteiger partial charge on any atom is -0.323 e. The summed E-state index contributed by atoms with van der Waals surface area (Å²) in [5, 5.41) is 0. The summed E-state index contributed by atoms with van der Waals surface area (Å²) in [6.07, 6.45) is 0. The monoisotopic (exact) mass is 287 g/mol. The van der Waals surface area contributed by atoms with Gasteiger partial charge < -0.3 is 5.73 Å². The van der Waals surface area contributed by atoms with Gasteiger partial charge >= 0.3 is 0 Å². The first kappa shape index (κ1) is 14.9. The molecular weight excluding hydrogens is 266 g/mol. The second kappa shape index (κ2) is 6.33. The fourth-order valence-corrected chi connectivity index (χ4v) is 3.51. The van der Waals surface area contributed by atoms with Crippen molar-refractivity contribution in [1.82, 2.24) is 0 Å². The van der Waals surface area contributed by atoms with Crippen LogP contribution in [-0.4, -0.2) is 9.96 Å². The van der Waals surface area contributed by atoms with Gasteiger partial charge in [-0.2, -0.15) is 0 Å². The fraction of sp³-hybridized carbons (Fsp3) is 0.294. The van der Waals surface area contributed by atoms with Gasteiger partial charge in [-0.3, -0.25) is 4.21 Å². The van der Waals surface area contributed by atoms with Crippen LogP contribution in [0.4, 0.5) is 0 Å². The molecule has 2 atom stereocenters. The Hall–Kier alpha value is -1.45. The lowest BCUT2D eigenvalue weighted by molar-refractivity contribution is 0.674. The summed E-state index contributed by atoms with van der Waals surface area (Å²) in [6, 6.07) is 13.8. The van der Waals surface area contributed by atoms with Crippen LogP contribution in [0, 0.1) is 20.8 Å². The SMILES string of the molecule is Cc1ccc(C(N)CS(=O)c2ccccc2C)cc1C. The van der Waals surface area contributed by atoms with E-state index in [1.54, 1.807) is 0 Å². The minimum atomic E-state index is -1.06. The Morgan fingerprint density at radius 2 is 1.70 bits per heavy atom. The highest BCUT2D eigenvalue weighted by molar-refractivity contribution is 7.85. The molecule has 2 N–H and O–H groups in total. The zero-order valence-corrected chi connectivity index (χ0v) is 13.0. The first-order valence-electron chi connectivity index (χ1n) is 6.76. The summed E-state index contributed by atoms with van der Waals surface area (Å²) < 4.78 is 12.4. The molecule has 2 aromatic rings. The fourth-order valence-electron chi connectivity index (χ4n) is 2.16. The zero-order chi connectivity index (χ0) is 14.7. The van der Waals surface area contributed by atoms with E-state index in [1.165, 1.54) is 11.1 Å². The molecule has 0 saturated heterocycles. The Bertz CT molecular complexity index is 637. The standard InChI is InChI=1S/C17H21NOS/c1-12-8-9-15(10-14(12)3)16(18)11-20(19)17-7-5-4-6-13(17)2/h4-10,16H,11,18H2,1-3H3. The molecule has 2 aromatic carbocycles. The van der Waals surface area contributed by atoms with Crippen molar-refractivity contribution in [3.63, 3.8) is 0 Å². The molecule has 0 bridgehead atoms. The number of aryl methyl sites for hydroxylation is 3. The van der Waals surface area contributed by atoms with Crippen molar-refractivity contribution in [2.75, 3.05) is 5.75 Å². The third-order valence-corrected chi connectivity index (χ3v) is 5.24. The van der Waals surface area contributed by atoms with E-state index >= 15 is 0 Å². The van der Waals surface area contributed by atoms with Crippen LogP contribution in [0.25, 0.3) is 0 Å². The van der Waals surface area contributed by atoms with E-state index in [4.69, 9.17) is 5.73 Å². The second-order valence-electron chi connectivity index (χ2n) is 5.23. The van der Waals surface area contributed by atoms with Crippen molar-refractivity contribution in [2.24, 2.45) is 5.73 Å². The quantitative estimate of drug-likeness (QED) is 0.936. The van der Waals surface area contributed by atoms with Gasteiger partial charge in [0.15, 0.2) is 0 Å². The van der Waals surface area contributed by atoms with E-state index in [2.05, 4.69) is 26.0 Å². The summed E-state index contributed by atoms with van der Waals surface area (Å²) in [4.78, 5) is 0.881. The normalized spacial score (nSPS) is 14.0. The maximum absolute atomic E-state index is 12.4. The maximum Gasteiger partial charge on any atom is 0.0551 e. The van der Waals surface area contributed by atoms with Crippen LogP contribution in [0.5, 0.6) is 0 Å². The van der Waals surface area contributed by atoms with Crippen molar-refractivity contribution >= 4 is 10.8 Å². The minimum absolute atomic E-state index is 0.199. The van der Waals surface area contributed by atoms with Crippen molar-refractivity contribution in [2.45, 2.75) is 31.7 Å². The largest absolute Gasteiger partial charge is 0.323 e. The Morgan fingerprint density at radius 1 is 1.00 bits per heavy atom. The van der Waals surface area contributed by atoms with Crippen LogP contribution >= 0.6 is 0 Å². The third kappa shape index (κ3) is 3.35. The Morgan fingerprint density at radius 3 is 2.35 bits per heavy atom. The highest BCUT2D eigenvalue weighted by atomic mass is 32.2. The highest BCUT2D eigenvalue weighted by Crippen LogP contribution is 2.20. The summed E-state index contributed by atoms with van der Waals surface area (Å²) in [5.74, 6) is 0.452. The van der Waals surface area contributed by atoms with E-state index in [0.29, 0.717) is 5.75 Å². The van der Waals surface area contributed by atoms with Crippen LogP contribution in [0.1, 0.15) is 28.3 Å². The van der Waals surface area contributed by atoms with Crippen LogP contribution < -0.4 is 5.73 Å². The lowest BCUT2D eigenvalue weighted by Gasteiger charge is -2.14. The van der Waals surface area contributed by atoms with Gasteiger partial charge in [0.05, 0.1) is 10.8 Å². The van der Waals surface area contributed by atoms with E-state index in [-0.39, 0.29) is 6.04 Å². The molecule has 0 aromatic heterocycles. The van der Waals surface area contributed by atoms with E-state index in [1.807, 2.05) is 37.3 Å². The summed E-state index contributed by atoms with van der Waals surface area (Å²) >= 11 is 0. The lowest BCUT2D eigenvalue weighted by Crippen LogP contribution is -2.19. The van der Waals surface area contributed by atoms with Gasteiger partial charge in [0.1, 0.15) is 0 Å². The van der Waals surface area contributed by atoms with Gasteiger partial charge in [-0.1, -0.05) is 36.4 Å². The van der Waals surface area contributed by atoms with E-state index in [0.717, 1.165) is 16.0 Å². The molecule has 0 aliphatic heterocycles. The molecule has 0 spiro atoms. The van der Waals surface area contributed by atoms with Crippen molar-refractivity contribution < 1.29 is 4.21 Å². The first-order chi connectivity index (χ1) is 9.49. The molecule has 0 radical (unpaired) electrons. The Balaban J connectivity index is 2.15. The zero-order valence-electron chi connectivity index (χ0n) is 12.2. The van der Waals surface area contributed by atoms with E-state index < -0.39 is 10.8 Å². The molecule has 0 fully saturated rings. The molecule has 106 valence electrons. The highest BCUT2D eigenvalue weighted by Gasteiger charge is 2.14. The second-order valence-corrected chi connectivity index (χ2v) is 6.69. The van der Waals surface area contributed by atoms with Crippen LogP contribution in [-0.2, 0) is 10.8 Å². The van der Waals surface area contributed by atoms with Gasteiger partial charge in [-0.05, 0) is 49.1 Å². The third-order valence-electron chi connectivity index (χ3n) is 3.63. The van der Waals surface area contributed by atoms with Gasteiger partial charge in [0.25, 0.3) is 0 Å². The molecule has 2 rings (SSSR count). The summed E-state index contributed by atoms with van der Waals surface area (Å²) in [5.41, 5.74) is 10.8. The smallest absolute Gasteiger partial charge is 0.0551 e. The van der Waals surface area contributed by atoms with Crippen LogP contribution in [0.3, 0.4) is 0 Å². The van der Waals surface area contributed by atoms with Crippen molar-refractivity contribution in [3.8, 4) is 0 Å². The molecule has 2 unspecified atom stereocenters. The Kier molecular flexibility index (Phi) is 4.73. The Labute approximate surface area is 123 Å². The van der Waals surface area contributed by atoms with Gasteiger partial charge in [0.2, 0.25) is 0 Å². The van der Waals surface area contributed by atoms with E-state index in [9.17, 15) is 4.21 Å². The molecule has 0 heterocycles. The molecule has 20 heavy (non-hydrogen) atoms. The molecule has 0 amide bonds. The van der Waals surface area contributed by atoms with Crippen molar-refractivity contribution in [1.29, 1.82) is 0 Å². The van der Waals surface area contributed by atoms with Crippen molar-refractivity contribution in [3.05, 3.63) is 64.7 Å². The molecule has 0 aliphatic carbocycles. The molecule has 2 nitrogen and oxygen atoms in total. The van der Waals surface area contributed by atoms with Gasteiger partial charge in [-0.25, -0.2) is 0 Å². The molecule has 0 aliphatic rings. The molecular formula is C17H21NOS. The topological polar surface area (TPSA) is 43.1 Å². The van der Waals surface area contributed by atoms with Gasteiger partial charge in [0, 0.05) is 16.7 Å². The first-order valence-corrected chi connectivity index (χ1v) is 8.07. The predicted octanol–water partition coefficient (Wildman–Crippen LogP) is 3.42. The average molecular weight is 287 g/mol. The lowest BCUT2D eigenvalue weighted by atomic mass is 10.0.